The molecule has 0 radical (unpaired) electrons. The zero-order valence-corrected chi connectivity index (χ0v) is 10.6. The second kappa shape index (κ2) is 13.8. The molecule has 0 saturated carbocycles. The molecule has 0 unspecified atom stereocenters. The number of carbonyl (C=O) groups is 4. The van der Waals surface area contributed by atoms with Gasteiger partial charge in [0.2, 0.25) is 0 Å². The normalized spacial score (nSPS) is 11.9. The van der Waals surface area contributed by atoms with Crippen molar-refractivity contribution in [3.8, 4) is 0 Å². The Morgan fingerprint density at radius 2 is 0.952 bits per heavy atom. The van der Waals surface area contributed by atoms with Gasteiger partial charge in [-0.25, -0.2) is 0 Å². The Morgan fingerprint density at radius 1 is 0.714 bits per heavy atom. The second-order valence-electron chi connectivity index (χ2n) is 3.75. The van der Waals surface area contributed by atoms with Crippen LogP contribution in [0.5, 0.6) is 0 Å². The molecule has 21 heavy (non-hydrogen) atoms. The van der Waals surface area contributed by atoms with E-state index in [1.54, 1.807) is 0 Å². The average Bonchev–Trinajstić information content (AvgIpc) is 2.33. The van der Waals surface area contributed by atoms with E-state index in [2.05, 4.69) is 0 Å². The fourth-order valence-electron chi connectivity index (χ4n) is 0.805. The Hall–Kier alpha value is -1.20. The minimum atomic E-state index is -1.17. The molecule has 118 valence electrons. The predicted molar refractivity (Wildman–Crippen MR) is 72.1 cm³/mol. The molecule has 0 aliphatic rings. The van der Waals surface area contributed by atoms with E-state index in [0.717, 1.165) is 0 Å². The Kier molecular flexibility index (Phi) is 16.3. The van der Waals surface area contributed by atoms with E-state index < -0.39 is 36.0 Å². The fourth-order valence-corrected chi connectivity index (χ4v) is 0.805. The van der Waals surface area contributed by atoms with E-state index in [1.165, 1.54) is 0 Å². The van der Waals surface area contributed by atoms with E-state index in [9.17, 15) is 19.2 Å². The quantitative estimate of drug-likeness (QED) is 0.268. The molecule has 0 aliphatic heterocycles. The first kappa shape index (κ1) is 24.8. The molecule has 0 aliphatic carbocycles. The molecule has 11 heteroatoms. The van der Waals surface area contributed by atoms with Crippen LogP contribution >= 0.6 is 0 Å². The van der Waals surface area contributed by atoms with E-state index >= 15 is 0 Å². The van der Waals surface area contributed by atoms with Gasteiger partial charge in [-0.1, -0.05) is 0 Å². The SMILES string of the molecule is N[C@@H](CCC(=O)O)C(=O)O.N[C@@H](CCC(=O)O)C(=O)O.[NaH]. The number of hydrogen-bond acceptors (Lipinski definition) is 6. The van der Waals surface area contributed by atoms with Crippen molar-refractivity contribution in [1.29, 1.82) is 0 Å². The second-order valence-corrected chi connectivity index (χ2v) is 3.75. The van der Waals surface area contributed by atoms with Crippen LogP contribution < -0.4 is 11.5 Å². The van der Waals surface area contributed by atoms with Gasteiger partial charge in [0.05, 0.1) is 0 Å². The van der Waals surface area contributed by atoms with Gasteiger partial charge < -0.3 is 31.9 Å². The Labute approximate surface area is 142 Å². The monoisotopic (exact) mass is 318 g/mol. The van der Waals surface area contributed by atoms with Gasteiger partial charge >= 0.3 is 53.4 Å². The summed E-state index contributed by atoms with van der Waals surface area (Å²) < 4.78 is 0. The van der Waals surface area contributed by atoms with Crippen molar-refractivity contribution in [3.05, 3.63) is 0 Å². The summed E-state index contributed by atoms with van der Waals surface area (Å²) in [5, 5.41) is 32.5. The van der Waals surface area contributed by atoms with Crippen molar-refractivity contribution in [2.45, 2.75) is 37.8 Å². The number of nitrogens with two attached hydrogens (primary N) is 2. The summed E-state index contributed by atoms with van der Waals surface area (Å²) in [5.74, 6) is -4.39. The Balaban J connectivity index is -0.000000295. The summed E-state index contributed by atoms with van der Waals surface area (Å²) in [7, 11) is 0. The molecule has 0 heterocycles. The molecule has 0 rings (SSSR count). The van der Waals surface area contributed by atoms with Crippen molar-refractivity contribution >= 4 is 53.4 Å². The zero-order valence-electron chi connectivity index (χ0n) is 10.6. The van der Waals surface area contributed by atoms with Crippen LogP contribution in [0.4, 0.5) is 0 Å². The molecule has 2 atom stereocenters. The first-order chi connectivity index (χ1) is 9.07. The zero-order chi connectivity index (χ0) is 16.3. The molecule has 0 amide bonds. The van der Waals surface area contributed by atoms with Crippen LogP contribution in [0.3, 0.4) is 0 Å². The van der Waals surface area contributed by atoms with Crippen molar-refractivity contribution in [1.82, 2.24) is 0 Å². The standard InChI is InChI=1S/2C5H9NO4.Na.H/c2*6-3(5(9)10)1-2-4(7)8;;/h2*3H,1-2,6H2,(H,7,8)(H,9,10);;/t2*3-;;/m00../s1. The molecule has 0 saturated heterocycles. The van der Waals surface area contributed by atoms with Crippen LogP contribution in [0, 0.1) is 0 Å². The first-order valence-electron chi connectivity index (χ1n) is 5.48. The van der Waals surface area contributed by atoms with Crippen LogP contribution in [0.2, 0.25) is 0 Å². The number of carboxylic acid groups (broad SMARTS) is 4. The summed E-state index contributed by atoms with van der Waals surface area (Å²) in [6.07, 6.45) is -0.448. The van der Waals surface area contributed by atoms with Gasteiger partial charge in [-0.2, -0.15) is 0 Å². The van der Waals surface area contributed by atoms with Gasteiger partial charge in [-0.3, -0.25) is 19.2 Å². The molecule has 0 bridgehead atoms. The van der Waals surface area contributed by atoms with Crippen molar-refractivity contribution < 1.29 is 39.6 Å². The fraction of sp³-hybridized carbons (Fsp3) is 0.600. The van der Waals surface area contributed by atoms with E-state index in [4.69, 9.17) is 31.9 Å². The summed E-state index contributed by atoms with van der Waals surface area (Å²) >= 11 is 0. The molecule has 8 N–H and O–H groups in total. The van der Waals surface area contributed by atoms with Crippen LogP contribution in [-0.2, 0) is 19.2 Å². The summed E-state index contributed by atoms with van der Waals surface area (Å²) in [5.41, 5.74) is 10.0. The molecule has 0 aromatic carbocycles. The number of hydrogen-bond donors (Lipinski definition) is 6. The maximum absolute atomic E-state index is 9.99. The van der Waals surface area contributed by atoms with Gasteiger partial charge in [0.1, 0.15) is 12.1 Å². The molecular formula is C10H19N2NaO8. The van der Waals surface area contributed by atoms with Crippen LogP contribution in [0.15, 0.2) is 0 Å². The summed E-state index contributed by atoms with van der Waals surface area (Å²) in [4.78, 5) is 39.7. The van der Waals surface area contributed by atoms with E-state index in [0.29, 0.717) is 0 Å². The molecule has 0 aromatic rings. The van der Waals surface area contributed by atoms with Gasteiger partial charge in [-0.15, -0.1) is 0 Å². The van der Waals surface area contributed by atoms with Crippen molar-refractivity contribution in [2.24, 2.45) is 11.5 Å². The Morgan fingerprint density at radius 3 is 1.10 bits per heavy atom. The minimum absolute atomic E-state index is 0. The number of carboxylic acids is 4. The summed E-state index contributed by atoms with van der Waals surface area (Å²) in [6.45, 7) is 0. The first-order valence-corrected chi connectivity index (χ1v) is 5.48. The number of aliphatic carboxylic acids is 4. The summed E-state index contributed by atoms with van der Waals surface area (Å²) in [6, 6.07) is -2.12. The average molecular weight is 318 g/mol. The van der Waals surface area contributed by atoms with Crippen LogP contribution in [0.25, 0.3) is 0 Å². The topological polar surface area (TPSA) is 201 Å². The third-order valence-corrected chi connectivity index (χ3v) is 1.97. The third kappa shape index (κ3) is 18.8. The van der Waals surface area contributed by atoms with Crippen molar-refractivity contribution in [2.75, 3.05) is 0 Å². The van der Waals surface area contributed by atoms with E-state index in [1.807, 2.05) is 0 Å². The predicted octanol–water partition coefficient (Wildman–Crippen LogP) is -2.12. The molecule has 0 fully saturated rings. The van der Waals surface area contributed by atoms with Gasteiger partial charge in [0, 0.05) is 12.8 Å². The molecule has 0 spiro atoms. The molecule has 10 nitrogen and oxygen atoms in total. The van der Waals surface area contributed by atoms with Gasteiger partial charge in [0.25, 0.3) is 0 Å². The Bertz CT molecular complexity index is 329. The molecule has 0 aromatic heterocycles. The third-order valence-electron chi connectivity index (χ3n) is 1.97. The maximum atomic E-state index is 9.99. The van der Waals surface area contributed by atoms with Gasteiger partial charge in [0.15, 0.2) is 0 Å². The van der Waals surface area contributed by atoms with Crippen LogP contribution in [0.1, 0.15) is 25.7 Å². The van der Waals surface area contributed by atoms with Crippen molar-refractivity contribution in [3.63, 3.8) is 0 Å². The molecular weight excluding hydrogens is 299 g/mol. The van der Waals surface area contributed by atoms with Gasteiger partial charge in [-0.05, 0) is 12.8 Å². The van der Waals surface area contributed by atoms with E-state index in [-0.39, 0.29) is 55.2 Å². The number of rotatable bonds is 8. The van der Waals surface area contributed by atoms with Crippen LogP contribution in [-0.4, -0.2) is 85.9 Å².